The van der Waals surface area contributed by atoms with Crippen molar-refractivity contribution in [2.45, 2.75) is 44.6 Å². The van der Waals surface area contributed by atoms with Crippen molar-refractivity contribution in [3.8, 4) is 12.3 Å². The fourth-order valence-electron chi connectivity index (χ4n) is 2.29. The van der Waals surface area contributed by atoms with Crippen LogP contribution in [0.2, 0.25) is 0 Å². The van der Waals surface area contributed by atoms with Crippen LogP contribution in [0.25, 0.3) is 0 Å². The number of aliphatic carboxylic acids is 1. The van der Waals surface area contributed by atoms with Crippen LogP contribution in [-0.2, 0) is 9.59 Å². The lowest BCUT2D eigenvalue weighted by Gasteiger charge is -2.39. The highest BCUT2D eigenvalue weighted by Crippen LogP contribution is 2.33. The molecular formula is C12H17NO3. The van der Waals surface area contributed by atoms with Gasteiger partial charge in [0.25, 0.3) is 0 Å². The molecule has 0 heterocycles. The van der Waals surface area contributed by atoms with Crippen molar-refractivity contribution in [3.63, 3.8) is 0 Å². The van der Waals surface area contributed by atoms with Gasteiger partial charge in [0.15, 0.2) is 0 Å². The molecule has 4 nitrogen and oxygen atoms in total. The zero-order chi connectivity index (χ0) is 12.2. The number of hydrogen-bond acceptors (Lipinski definition) is 2. The molecule has 0 bridgehead atoms. The van der Waals surface area contributed by atoms with Gasteiger partial charge in [0.1, 0.15) is 5.54 Å². The number of nitrogens with one attached hydrogen (secondary N) is 1. The lowest BCUT2D eigenvalue weighted by Crippen LogP contribution is -2.59. The Morgan fingerprint density at radius 1 is 1.56 bits per heavy atom. The monoisotopic (exact) mass is 223 g/mol. The third-order valence-corrected chi connectivity index (χ3v) is 3.31. The lowest BCUT2D eigenvalue weighted by molar-refractivity contribution is -0.151. The van der Waals surface area contributed by atoms with Gasteiger partial charge in [-0.1, -0.05) is 25.7 Å². The number of hydrogen-bond donors (Lipinski definition) is 2. The average Bonchev–Trinajstić information content (AvgIpc) is 2.21. The molecule has 4 heteroatoms. The van der Waals surface area contributed by atoms with Crippen LogP contribution in [0, 0.1) is 18.3 Å². The number of rotatable bonds is 3. The summed E-state index contributed by atoms with van der Waals surface area (Å²) in [7, 11) is 0. The van der Waals surface area contributed by atoms with Crippen LogP contribution in [0.5, 0.6) is 0 Å². The molecule has 0 aromatic rings. The van der Waals surface area contributed by atoms with Gasteiger partial charge in [-0.3, -0.25) is 4.79 Å². The molecule has 1 aliphatic rings. The highest BCUT2D eigenvalue weighted by molar-refractivity contribution is 5.88. The Kier molecular flexibility index (Phi) is 3.94. The minimum absolute atomic E-state index is 0.0551. The zero-order valence-electron chi connectivity index (χ0n) is 9.45. The molecule has 1 aliphatic carbocycles. The molecule has 0 aliphatic heterocycles. The molecule has 0 aromatic heterocycles. The standard InChI is InChI=1S/C12H17NO3/c1-3-6-10(14)13-12(11(15)16)8-5-4-7-9(12)2/h1,9H,4-8H2,2H3,(H,13,14)(H,15,16). The van der Waals surface area contributed by atoms with Crippen LogP contribution in [-0.4, -0.2) is 22.5 Å². The Labute approximate surface area is 95.4 Å². The molecular weight excluding hydrogens is 206 g/mol. The largest absolute Gasteiger partial charge is 0.479 e. The predicted octanol–water partition coefficient (Wildman–Crippen LogP) is 1.16. The molecule has 16 heavy (non-hydrogen) atoms. The van der Waals surface area contributed by atoms with E-state index in [4.69, 9.17) is 6.42 Å². The maximum Gasteiger partial charge on any atom is 0.329 e. The Morgan fingerprint density at radius 3 is 2.75 bits per heavy atom. The van der Waals surface area contributed by atoms with Crippen molar-refractivity contribution < 1.29 is 14.7 Å². The van der Waals surface area contributed by atoms with E-state index in [-0.39, 0.29) is 18.2 Å². The van der Waals surface area contributed by atoms with Crippen molar-refractivity contribution in [1.29, 1.82) is 0 Å². The van der Waals surface area contributed by atoms with Crippen LogP contribution in [0.3, 0.4) is 0 Å². The van der Waals surface area contributed by atoms with Gasteiger partial charge >= 0.3 is 5.97 Å². The molecule has 0 spiro atoms. The first-order valence-electron chi connectivity index (χ1n) is 5.51. The summed E-state index contributed by atoms with van der Waals surface area (Å²) in [5.74, 6) is 0.838. The fourth-order valence-corrected chi connectivity index (χ4v) is 2.29. The zero-order valence-corrected chi connectivity index (χ0v) is 9.45. The molecule has 1 saturated carbocycles. The van der Waals surface area contributed by atoms with E-state index in [2.05, 4.69) is 11.2 Å². The highest BCUT2D eigenvalue weighted by Gasteiger charge is 2.46. The molecule has 2 unspecified atom stereocenters. The average molecular weight is 223 g/mol. The minimum atomic E-state index is -1.12. The molecule has 1 rings (SSSR count). The van der Waals surface area contributed by atoms with E-state index in [1.807, 2.05) is 6.92 Å². The van der Waals surface area contributed by atoms with E-state index >= 15 is 0 Å². The number of amides is 1. The van der Waals surface area contributed by atoms with Gasteiger partial charge in [0.2, 0.25) is 5.91 Å². The van der Waals surface area contributed by atoms with E-state index in [1.54, 1.807) is 0 Å². The van der Waals surface area contributed by atoms with Gasteiger partial charge in [-0.15, -0.1) is 6.42 Å². The predicted molar refractivity (Wildman–Crippen MR) is 59.6 cm³/mol. The number of carboxylic acid groups (broad SMARTS) is 1. The van der Waals surface area contributed by atoms with Crippen LogP contribution < -0.4 is 5.32 Å². The summed E-state index contributed by atoms with van der Waals surface area (Å²) in [4.78, 5) is 22.8. The second-order valence-corrected chi connectivity index (χ2v) is 4.35. The molecule has 0 aromatic carbocycles. The Hall–Kier alpha value is -1.50. The van der Waals surface area contributed by atoms with Gasteiger partial charge in [0, 0.05) is 0 Å². The second-order valence-electron chi connectivity index (χ2n) is 4.35. The first kappa shape index (κ1) is 12.6. The molecule has 1 fully saturated rings. The number of carbonyl (C=O) groups is 2. The van der Waals surface area contributed by atoms with Crippen molar-refractivity contribution in [1.82, 2.24) is 5.32 Å². The summed E-state index contributed by atoms with van der Waals surface area (Å²) in [5.41, 5.74) is -1.12. The lowest BCUT2D eigenvalue weighted by atomic mass is 9.73. The van der Waals surface area contributed by atoms with Crippen LogP contribution in [0.4, 0.5) is 0 Å². The van der Waals surface area contributed by atoms with Gasteiger partial charge in [-0.25, -0.2) is 4.79 Å². The van der Waals surface area contributed by atoms with Crippen LogP contribution in [0.1, 0.15) is 39.0 Å². The van der Waals surface area contributed by atoms with Crippen LogP contribution >= 0.6 is 0 Å². The topological polar surface area (TPSA) is 66.4 Å². The first-order valence-corrected chi connectivity index (χ1v) is 5.51. The van der Waals surface area contributed by atoms with E-state index < -0.39 is 11.5 Å². The normalized spacial score (nSPS) is 29.1. The number of carboxylic acids is 1. The summed E-state index contributed by atoms with van der Waals surface area (Å²) in [6.07, 6.45) is 8.11. The first-order chi connectivity index (χ1) is 7.53. The number of carbonyl (C=O) groups excluding carboxylic acids is 1. The quantitative estimate of drug-likeness (QED) is 0.705. The van der Waals surface area contributed by atoms with E-state index in [0.717, 1.165) is 19.3 Å². The molecule has 2 atom stereocenters. The van der Waals surface area contributed by atoms with Gasteiger partial charge in [-0.05, 0) is 18.8 Å². The summed E-state index contributed by atoms with van der Waals surface area (Å²) in [5, 5.41) is 11.9. The Balaban J connectivity index is 2.84. The fraction of sp³-hybridized carbons (Fsp3) is 0.667. The van der Waals surface area contributed by atoms with Crippen molar-refractivity contribution >= 4 is 11.9 Å². The van der Waals surface area contributed by atoms with Gasteiger partial charge in [-0.2, -0.15) is 0 Å². The Morgan fingerprint density at radius 2 is 2.25 bits per heavy atom. The summed E-state index contributed by atoms with van der Waals surface area (Å²) in [6, 6.07) is 0. The van der Waals surface area contributed by atoms with Crippen LogP contribution in [0.15, 0.2) is 0 Å². The maximum absolute atomic E-state index is 11.4. The maximum atomic E-state index is 11.4. The van der Waals surface area contributed by atoms with Gasteiger partial charge < -0.3 is 10.4 Å². The summed E-state index contributed by atoms with van der Waals surface area (Å²) < 4.78 is 0. The van der Waals surface area contributed by atoms with Gasteiger partial charge in [0.05, 0.1) is 6.42 Å². The van der Waals surface area contributed by atoms with E-state index in [9.17, 15) is 14.7 Å². The smallest absolute Gasteiger partial charge is 0.329 e. The number of terminal acetylenes is 1. The van der Waals surface area contributed by atoms with E-state index in [0.29, 0.717) is 6.42 Å². The Bertz CT molecular complexity index is 332. The molecule has 88 valence electrons. The SMILES string of the molecule is C#CCC(=O)NC1(C(=O)O)CCCCC1C. The summed E-state index contributed by atoms with van der Waals surface area (Å²) in [6.45, 7) is 1.86. The minimum Gasteiger partial charge on any atom is -0.479 e. The third-order valence-electron chi connectivity index (χ3n) is 3.31. The molecule has 2 N–H and O–H groups in total. The highest BCUT2D eigenvalue weighted by atomic mass is 16.4. The summed E-state index contributed by atoms with van der Waals surface area (Å²) >= 11 is 0. The van der Waals surface area contributed by atoms with Crippen molar-refractivity contribution in [2.75, 3.05) is 0 Å². The van der Waals surface area contributed by atoms with E-state index in [1.165, 1.54) is 0 Å². The van der Waals surface area contributed by atoms with Crippen molar-refractivity contribution in [2.24, 2.45) is 5.92 Å². The molecule has 0 saturated heterocycles. The molecule has 0 radical (unpaired) electrons. The van der Waals surface area contributed by atoms with Crippen molar-refractivity contribution in [3.05, 3.63) is 0 Å². The molecule has 1 amide bonds. The second kappa shape index (κ2) is 5.02. The third kappa shape index (κ3) is 2.35.